The van der Waals surface area contributed by atoms with Gasteiger partial charge in [0.05, 0.1) is 17.8 Å². The first kappa shape index (κ1) is 10.5. The minimum atomic E-state index is -2.69. The van der Waals surface area contributed by atoms with Gasteiger partial charge in [0.1, 0.15) is 5.15 Å². The molecule has 0 aliphatic rings. The van der Waals surface area contributed by atoms with Crippen LogP contribution in [0.3, 0.4) is 0 Å². The van der Waals surface area contributed by atoms with Gasteiger partial charge in [0.2, 0.25) is 0 Å². The number of alkyl halides is 3. The van der Waals surface area contributed by atoms with Crippen LogP contribution in [0.2, 0.25) is 5.15 Å². The van der Waals surface area contributed by atoms with E-state index in [1.165, 1.54) is 0 Å². The molecule has 0 atom stereocenters. The topological polar surface area (TPSA) is 38.9 Å². The van der Waals surface area contributed by atoms with Crippen molar-refractivity contribution in [2.75, 3.05) is 5.73 Å². The summed E-state index contributed by atoms with van der Waals surface area (Å²) in [4.78, 5) is 3.62. The van der Waals surface area contributed by atoms with E-state index < -0.39 is 6.43 Å². The summed E-state index contributed by atoms with van der Waals surface area (Å²) in [7, 11) is 0. The quantitative estimate of drug-likeness (QED) is 0.622. The Kier molecular flexibility index (Phi) is 3.27. The van der Waals surface area contributed by atoms with E-state index in [0.717, 1.165) is 6.20 Å². The van der Waals surface area contributed by atoms with Gasteiger partial charge >= 0.3 is 0 Å². The Morgan fingerprint density at radius 1 is 1.54 bits per heavy atom. The van der Waals surface area contributed by atoms with Gasteiger partial charge in [-0.1, -0.05) is 11.6 Å². The monoisotopic (exact) mass is 226 g/mol. The van der Waals surface area contributed by atoms with Crippen LogP contribution >= 0.6 is 23.2 Å². The molecule has 1 heterocycles. The number of halogens is 4. The number of nitrogen functional groups attached to an aromatic ring is 1. The fourth-order valence-corrected chi connectivity index (χ4v) is 1.50. The molecule has 1 rings (SSSR count). The fourth-order valence-electron chi connectivity index (χ4n) is 0.944. The van der Waals surface area contributed by atoms with Crippen LogP contribution in [0.15, 0.2) is 6.20 Å². The summed E-state index contributed by atoms with van der Waals surface area (Å²) in [5.41, 5.74) is 4.99. The Morgan fingerprint density at radius 2 is 2.15 bits per heavy atom. The van der Waals surface area contributed by atoms with E-state index >= 15 is 0 Å². The normalized spacial score (nSPS) is 10.8. The number of anilines is 1. The molecule has 6 heteroatoms. The number of hydrogen-bond donors (Lipinski definition) is 1. The van der Waals surface area contributed by atoms with Gasteiger partial charge < -0.3 is 5.73 Å². The second-order valence-electron chi connectivity index (χ2n) is 2.33. The zero-order valence-corrected chi connectivity index (χ0v) is 7.91. The van der Waals surface area contributed by atoms with E-state index in [1.807, 2.05) is 0 Å². The van der Waals surface area contributed by atoms with Crippen LogP contribution in [-0.4, -0.2) is 4.98 Å². The van der Waals surface area contributed by atoms with Gasteiger partial charge in [-0.15, -0.1) is 11.6 Å². The highest BCUT2D eigenvalue weighted by Gasteiger charge is 2.19. The van der Waals surface area contributed by atoms with E-state index in [2.05, 4.69) is 4.98 Å². The number of nitrogens with zero attached hydrogens (tertiary/aromatic N) is 1. The number of nitrogens with two attached hydrogens (primary N) is 1. The molecule has 72 valence electrons. The Balaban J connectivity index is 3.35. The van der Waals surface area contributed by atoms with Gasteiger partial charge in [-0.25, -0.2) is 13.8 Å². The zero-order valence-electron chi connectivity index (χ0n) is 6.40. The molecule has 0 fully saturated rings. The SMILES string of the molecule is Nc1cnc(Cl)c(CCl)c1C(F)F. The average molecular weight is 227 g/mol. The predicted molar refractivity (Wildman–Crippen MR) is 48.2 cm³/mol. The molecular weight excluding hydrogens is 221 g/mol. The summed E-state index contributed by atoms with van der Waals surface area (Å²) in [6.07, 6.45) is -1.59. The van der Waals surface area contributed by atoms with Gasteiger partial charge in [-0.05, 0) is 0 Å². The van der Waals surface area contributed by atoms with Crippen LogP contribution in [0, 0.1) is 0 Å². The predicted octanol–water partition coefficient (Wildman–Crippen LogP) is 2.99. The van der Waals surface area contributed by atoms with Crippen LogP contribution in [-0.2, 0) is 5.88 Å². The Bertz CT molecular complexity index is 318. The second kappa shape index (κ2) is 4.07. The Morgan fingerprint density at radius 3 is 2.54 bits per heavy atom. The summed E-state index contributed by atoms with van der Waals surface area (Å²) in [6.45, 7) is 0. The molecule has 0 saturated heterocycles. The molecule has 0 spiro atoms. The summed E-state index contributed by atoms with van der Waals surface area (Å²) in [5, 5.41) is -0.0282. The van der Waals surface area contributed by atoms with Crippen molar-refractivity contribution in [1.29, 1.82) is 0 Å². The largest absolute Gasteiger partial charge is 0.397 e. The van der Waals surface area contributed by atoms with Crippen LogP contribution in [0.4, 0.5) is 14.5 Å². The van der Waals surface area contributed by atoms with Crippen molar-refractivity contribution >= 4 is 28.9 Å². The lowest BCUT2D eigenvalue weighted by Gasteiger charge is -2.09. The van der Waals surface area contributed by atoms with Crippen LogP contribution < -0.4 is 5.73 Å². The minimum absolute atomic E-state index is 0.0282. The lowest BCUT2D eigenvalue weighted by molar-refractivity contribution is 0.151. The fraction of sp³-hybridized carbons (Fsp3) is 0.286. The van der Waals surface area contributed by atoms with Crippen LogP contribution in [0.1, 0.15) is 17.6 Å². The van der Waals surface area contributed by atoms with Gasteiger partial charge in [0, 0.05) is 11.1 Å². The number of aromatic nitrogens is 1. The Hall–Kier alpha value is -0.610. The van der Waals surface area contributed by atoms with Crippen molar-refractivity contribution in [1.82, 2.24) is 4.98 Å². The van der Waals surface area contributed by atoms with Crippen molar-refractivity contribution < 1.29 is 8.78 Å². The smallest absolute Gasteiger partial charge is 0.266 e. The average Bonchev–Trinajstić information content (AvgIpc) is 2.07. The van der Waals surface area contributed by atoms with Gasteiger partial charge in [-0.2, -0.15) is 0 Å². The third-order valence-corrected chi connectivity index (χ3v) is 2.15. The van der Waals surface area contributed by atoms with Gasteiger partial charge in [-0.3, -0.25) is 0 Å². The molecule has 0 aliphatic heterocycles. The highest BCUT2D eigenvalue weighted by molar-refractivity contribution is 6.31. The maximum atomic E-state index is 12.4. The molecule has 0 radical (unpaired) electrons. The van der Waals surface area contributed by atoms with Crippen LogP contribution in [0.25, 0.3) is 0 Å². The molecule has 0 bridgehead atoms. The third-order valence-electron chi connectivity index (χ3n) is 1.55. The molecule has 0 unspecified atom stereocenters. The molecule has 1 aromatic rings. The van der Waals surface area contributed by atoms with E-state index in [0.29, 0.717) is 0 Å². The standard InChI is InChI=1S/C7H6Cl2F2N2/c8-1-3-5(7(10)11)4(12)2-13-6(3)9/h2,7H,1,12H2. The van der Waals surface area contributed by atoms with E-state index in [4.69, 9.17) is 28.9 Å². The summed E-state index contributed by atoms with van der Waals surface area (Å²) < 4.78 is 24.9. The molecule has 0 aliphatic carbocycles. The van der Waals surface area contributed by atoms with Crippen molar-refractivity contribution in [3.05, 3.63) is 22.5 Å². The molecule has 0 amide bonds. The summed E-state index contributed by atoms with van der Waals surface area (Å²) in [5.74, 6) is -0.128. The number of rotatable bonds is 2. The highest BCUT2D eigenvalue weighted by atomic mass is 35.5. The van der Waals surface area contributed by atoms with Crippen molar-refractivity contribution in [3.8, 4) is 0 Å². The lowest BCUT2D eigenvalue weighted by atomic mass is 10.1. The third kappa shape index (κ3) is 2.00. The minimum Gasteiger partial charge on any atom is -0.397 e. The molecular formula is C7H6Cl2F2N2. The maximum absolute atomic E-state index is 12.4. The number of pyridine rings is 1. The van der Waals surface area contributed by atoms with E-state index in [-0.39, 0.29) is 27.8 Å². The lowest BCUT2D eigenvalue weighted by Crippen LogP contribution is -2.02. The van der Waals surface area contributed by atoms with Gasteiger partial charge in [0.25, 0.3) is 6.43 Å². The number of hydrogen-bond acceptors (Lipinski definition) is 2. The molecule has 0 aromatic carbocycles. The second-order valence-corrected chi connectivity index (χ2v) is 2.96. The maximum Gasteiger partial charge on any atom is 0.266 e. The first-order chi connectivity index (χ1) is 6.07. The first-order valence-electron chi connectivity index (χ1n) is 3.34. The van der Waals surface area contributed by atoms with Crippen molar-refractivity contribution in [2.24, 2.45) is 0 Å². The van der Waals surface area contributed by atoms with Gasteiger partial charge in [0.15, 0.2) is 0 Å². The molecule has 2 N–H and O–H groups in total. The van der Waals surface area contributed by atoms with Crippen LogP contribution in [0.5, 0.6) is 0 Å². The molecule has 13 heavy (non-hydrogen) atoms. The van der Waals surface area contributed by atoms with E-state index in [1.54, 1.807) is 0 Å². The summed E-state index contributed by atoms with van der Waals surface area (Å²) in [6, 6.07) is 0. The zero-order chi connectivity index (χ0) is 10.0. The summed E-state index contributed by atoms with van der Waals surface area (Å²) >= 11 is 11.0. The van der Waals surface area contributed by atoms with Crippen molar-refractivity contribution in [3.63, 3.8) is 0 Å². The molecule has 0 saturated carbocycles. The Labute approximate surface area is 83.7 Å². The highest BCUT2D eigenvalue weighted by Crippen LogP contribution is 2.32. The first-order valence-corrected chi connectivity index (χ1v) is 4.26. The van der Waals surface area contributed by atoms with Crippen molar-refractivity contribution in [2.45, 2.75) is 12.3 Å². The molecule has 1 aromatic heterocycles. The van der Waals surface area contributed by atoms with E-state index in [9.17, 15) is 8.78 Å². The molecule has 2 nitrogen and oxygen atoms in total.